The number of carbonyl (C=O) groups excluding carboxylic acids is 1. The van der Waals surface area contributed by atoms with Crippen LogP contribution in [0.3, 0.4) is 0 Å². The molecule has 0 saturated carbocycles. The molecular formula is C21H21ClN4O5S. The maximum absolute atomic E-state index is 12.6. The van der Waals surface area contributed by atoms with Crippen molar-refractivity contribution in [2.24, 2.45) is 5.92 Å². The Hall–Kier alpha value is -3.24. The van der Waals surface area contributed by atoms with Gasteiger partial charge in [0.05, 0.1) is 21.2 Å². The fraction of sp³-hybridized carbons (Fsp3) is 0.286. The molecule has 0 spiro atoms. The molecule has 1 fully saturated rings. The van der Waals surface area contributed by atoms with Crippen molar-refractivity contribution < 1.29 is 19.6 Å². The van der Waals surface area contributed by atoms with Crippen molar-refractivity contribution >= 4 is 57.9 Å². The van der Waals surface area contributed by atoms with Gasteiger partial charge < -0.3 is 15.3 Å². The SMILES string of the molecule is CC1CCN(c2ccc(C(=O)NC(=S)Nc3cc(C(=O)O)ccc3Cl)cc2[N+](=O)[O-])CC1. The van der Waals surface area contributed by atoms with Crippen molar-refractivity contribution in [3.05, 3.63) is 62.7 Å². The van der Waals surface area contributed by atoms with Crippen LogP contribution in [0, 0.1) is 16.0 Å². The van der Waals surface area contributed by atoms with Crippen molar-refractivity contribution in [3.8, 4) is 0 Å². The fourth-order valence-corrected chi connectivity index (χ4v) is 3.78. The zero-order valence-electron chi connectivity index (χ0n) is 17.1. The predicted molar refractivity (Wildman–Crippen MR) is 126 cm³/mol. The first-order valence-electron chi connectivity index (χ1n) is 9.84. The van der Waals surface area contributed by atoms with E-state index in [9.17, 15) is 19.7 Å². The third-order valence-electron chi connectivity index (χ3n) is 5.25. The van der Waals surface area contributed by atoms with Gasteiger partial charge in [0.1, 0.15) is 5.69 Å². The standard InChI is InChI=1S/C21H21ClN4O5S/c1-12-6-8-25(9-7-12)17-5-3-13(11-18(17)26(30)31)19(27)24-21(32)23-16-10-14(20(28)29)2-4-15(16)22/h2-5,10-12H,6-9H2,1H3,(H,28,29)(H2,23,24,27,32). The number of nitro benzene ring substituents is 1. The fourth-order valence-electron chi connectivity index (χ4n) is 3.41. The number of anilines is 2. The summed E-state index contributed by atoms with van der Waals surface area (Å²) < 4.78 is 0. The lowest BCUT2D eigenvalue weighted by molar-refractivity contribution is -0.384. The summed E-state index contributed by atoms with van der Waals surface area (Å²) in [7, 11) is 0. The van der Waals surface area contributed by atoms with E-state index in [1.54, 1.807) is 6.07 Å². The molecule has 9 nitrogen and oxygen atoms in total. The van der Waals surface area contributed by atoms with Crippen LogP contribution in [-0.2, 0) is 0 Å². The lowest BCUT2D eigenvalue weighted by atomic mass is 9.98. The molecule has 11 heteroatoms. The first-order chi connectivity index (χ1) is 15.2. The molecule has 3 N–H and O–H groups in total. The second-order valence-corrected chi connectivity index (χ2v) is 8.35. The Balaban J connectivity index is 1.74. The van der Waals surface area contributed by atoms with E-state index in [-0.39, 0.29) is 32.6 Å². The minimum absolute atomic E-state index is 0.00986. The number of nitro groups is 1. The number of halogens is 1. The number of aromatic carboxylic acids is 1. The molecule has 1 heterocycles. The van der Waals surface area contributed by atoms with Crippen LogP contribution in [0.1, 0.15) is 40.5 Å². The smallest absolute Gasteiger partial charge is 0.335 e. The van der Waals surface area contributed by atoms with Gasteiger partial charge in [-0.05, 0) is 61.3 Å². The number of hydrogen-bond acceptors (Lipinski definition) is 6. The van der Waals surface area contributed by atoms with Gasteiger partial charge in [0, 0.05) is 24.7 Å². The number of carboxylic acid groups (broad SMARTS) is 1. The summed E-state index contributed by atoms with van der Waals surface area (Å²) >= 11 is 11.2. The van der Waals surface area contributed by atoms with Gasteiger partial charge >= 0.3 is 5.97 Å². The maximum atomic E-state index is 12.6. The minimum atomic E-state index is -1.14. The molecule has 2 aromatic carbocycles. The zero-order valence-corrected chi connectivity index (χ0v) is 18.7. The lowest BCUT2D eigenvalue weighted by Gasteiger charge is -2.31. The number of amides is 1. The number of benzene rings is 2. The summed E-state index contributed by atoms with van der Waals surface area (Å²) in [5.74, 6) is -1.21. The Morgan fingerprint density at radius 2 is 1.84 bits per heavy atom. The highest BCUT2D eigenvalue weighted by Crippen LogP contribution is 2.32. The van der Waals surface area contributed by atoms with Gasteiger partial charge in [-0.1, -0.05) is 18.5 Å². The second kappa shape index (κ2) is 9.92. The van der Waals surface area contributed by atoms with E-state index in [0.717, 1.165) is 25.9 Å². The highest BCUT2D eigenvalue weighted by molar-refractivity contribution is 7.80. The predicted octanol–water partition coefficient (Wildman–Crippen LogP) is 4.31. The Labute approximate surface area is 194 Å². The van der Waals surface area contributed by atoms with Crippen molar-refractivity contribution in [2.45, 2.75) is 19.8 Å². The molecule has 1 aliphatic heterocycles. The van der Waals surface area contributed by atoms with Crippen LogP contribution in [0.25, 0.3) is 0 Å². The van der Waals surface area contributed by atoms with Crippen LogP contribution in [-0.4, -0.2) is 40.1 Å². The minimum Gasteiger partial charge on any atom is -0.478 e. The van der Waals surface area contributed by atoms with Crippen LogP contribution < -0.4 is 15.5 Å². The summed E-state index contributed by atoms with van der Waals surface area (Å²) in [4.78, 5) is 36.8. The molecule has 0 atom stereocenters. The largest absolute Gasteiger partial charge is 0.478 e. The van der Waals surface area contributed by atoms with E-state index >= 15 is 0 Å². The number of nitrogens with one attached hydrogen (secondary N) is 2. The monoisotopic (exact) mass is 476 g/mol. The quantitative estimate of drug-likeness (QED) is 0.331. The number of piperidine rings is 1. The van der Waals surface area contributed by atoms with Gasteiger partial charge in [-0.3, -0.25) is 20.2 Å². The third kappa shape index (κ3) is 5.51. The molecule has 1 amide bonds. The van der Waals surface area contributed by atoms with Crippen LogP contribution >= 0.6 is 23.8 Å². The topological polar surface area (TPSA) is 125 Å². The average Bonchev–Trinajstić information content (AvgIpc) is 2.75. The van der Waals surface area contributed by atoms with Crippen LogP contribution in [0.5, 0.6) is 0 Å². The molecule has 0 aliphatic carbocycles. The summed E-state index contributed by atoms with van der Waals surface area (Å²) in [6.45, 7) is 3.59. The molecule has 0 radical (unpaired) electrons. The highest BCUT2D eigenvalue weighted by Gasteiger charge is 2.25. The van der Waals surface area contributed by atoms with Crippen molar-refractivity contribution in [2.75, 3.05) is 23.3 Å². The molecule has 1 aliphatic rings. The first kappa shape index (κ1) is 23.4. The average molecular weight is 477 g/mol. The highest BCUT2D eigenvalue weighted by atomic mass is 35.5. The van der Waals surface area contributed by atoms with Crippen molar-refractivity contribution in [1.29, 1.82) is 0 Å². The Morgan fingerprint density at radius 3 is 2.47 bits per heavy atom. The van der Waals surface area contributed by atoms with Gasteiger partial charge in [0.25, 0.3) is 11.6 Å². The Kier molecular flexibility index (Phi) is 7.26. The van der Waals surface area contributed by atoms with Gasteiger partial charge in [-0.25, -0.2) is 4.79 Å². The number of nitrogens with zero attached hydrogens (tertiary/aromatic N) is 2. The number of rotatable bonds is 5. The number of hydrogen-bond donors (Lipinski definition) is 3. The van der Waals surface area contributed by atoms with E-state index in [2.05, 4.69) is 17.6 Å². The first-order valence-corrected chi connectivity index (χ1v) is 10.6. The van der Waals surface area contributed by atoms with Gasteiger partial charge in [0.2, 0.25) is 0 Å². The Bertz CT molecular complexity index is 1090. The summed E-state index contributed by atoms with van der Waals surface area (Å²) in [6.07, 6.45) is 1.90. The molecule has 0 unspecified atom stereocenters. The third-order valence-corrected chi connectivity index (χ3v) is 5.78. The van der Waals surface area contributed by atoms with E-state index in [1.807, 2.05) is 4.90 Å². The van der Waals surface area contributed by atoms with E-state index in [4.69, 9.17) is 28.9 Å². The van der Waals surface area contributed by atoms with Crippen molar-refractivity contribution in [1.82, 2.24) is 5.32 Å². The van der Waals surface area contributed by atoms with Crippen LogP contribution in [0.2, 0.25) is 5.02 Å². The van der Waals surface area contributed by atoms with E-state index < -0.39 is 16.8 Å². The molecule has 32 heavy (non-hydrogen) atoms. The molecule has 3 rings (SSSR count). The summed E-state index contributed by atoms with van der Waals surface area (Å²) in [5.41, 5.74) is 0.599. The van der Waals surface area contributed by atoms with Crippen LogP contribution in [0.4, 0.5) is 17.1 Å². The normalized spacial score (nSPS) is 14.0. The zero-order chi connectivity index (χ0) is 23.4. The lowest BCUT2D eigenvalue weighted by Crippen LogP contribution is -2.35. The Morgan fingerprint density at radius 1 is 1.19 bits per heavy atom. The van der Waals surface area contributed by atoms with E-state index in [0.29, 0.717) is 11.6 Å². The van der Waals surface area contributed by atoms with E-state index in [1.165, 1.54) is 30.3 Å². The van der Waals surface area contributed by atoms with Gasteiger partial charge in [0.15, 0.2) is 5.11 Å². The summed E-state index contributed by atoms with van der Waals surface area (Å²) in [6, 6.07) is 8.32. The number of thiocarbonyl (C=S) groups is 1. The van der Waals surface area contributed by atoms with Gasteiger partial charge in [-0.15, -0.1) is 0 Å². The van der Waals surface area contributed by atoms with Crippen molar-refractivity contribution in [3.63, 3.8) is 0 Å². The molecule has 0 bridgehead atoms. The molecule has 2 aromatic rings. The molecule has 168 valence electrons. The molecule has 1 saturated heterocycles. The second-order valence-electron chi connectivity index (χ2n) is 7.54. The van der Waals surface area contributed by atoms with Gasteiger partial charge in [-0.2, -0.15) is 0 Å². The number of carbonyl (C=O) groups is 2. The number of carboxylic acids is 1. The maximum Gasteiger partial charge on any atom is 0.335 e. The summed E-state index contributed by atoms with van der Waals surface area (Å²) in [5, 5.41) is 25.9. The van der Waals surface area contributed by atoms with Crippen LogP contribution in [0.15, 0.2) is 36.4 Å². The molecule has 0 aromatic heterocycles. The molecular weight excluding hydrogens is 456 g/mol.